The molecule has 9 heteroatoms. The third-order valence-electron chi connectivity index (χ3n) is 4.77. The van der Waals surface area contributed by atoms with Crippen LogP contribution in [0.3, 0.4) is 0 Å². The number of hydrogen-bond donors (Lipinski definition) is 2. The highest BCUT2D eigenvalue weighted by molar-refractivity contribution is 7.99. The van der Waals surface area contributed by atoms with Gasteiger partial charge in [0.05, 0.1) is 23.4 Å². The summed E-state index contributed by atoms with van der Waals surface area (Å²) in [6, 6.07) is 12.0. The Morgan fingerprint density at radius 3 is 2.80 bits per heavy atom. The van der Waals surface area contributed by atoms with Gasteiger partial charge in [-0.15, -0.1) is 11.8 Å². The van der Waals surface area contributed by atoms with Gasteiger partial charge < -0.3 is 15.4 Å². The summed E-state index contributed by atoms with van der Waals surface area (Å²) in [5.41, 5.74) is 1.31. The van der Waals surface area contributed by atoms with E-state index in [2.05, 4.69) is 10.6 Å². The highest BCUT2D eigenvalue weighted by Crippen LogP contribution is 2.34. The highest BCUT2D eigenvalue weighted by Gasteiger charge is 2.23. The van der Waals surface area contributed by atoms with Gasteiger partial charge in [0, 0.05) is 35.1 Å². The number of amides is 2. The zero-order chi connectivity index (χ0) is 21.7. The van der Waals surface area contributed by atoms with Gasteiger partial charge in [-0.05, 0) is 24.3 Å². The molecule has 0 radical (unpaired) electrons. The molecular weight excluding hydrogens is 424 g/mol. The minimum Gasteiger partial charge on any atom is -0.496 e. The number of carbonyl (C=O) groups excluding carboxylic acids is 2. The molecule has 0 saturated carbocycles. The van der Waals surface area contributed by atoms with Crippen LogP contribution < -0.4 is 15.4 Å². The molecule has 0 fully saturated rings. The molecule has 0 aromatic heterocycles. The minimum atomic E-state index is -3.67. The molecule has 1 heterocycles. The fourth-order valence-electron chi connectivity index (χ4n) is 2.95. The molecule has 0 spiro atoms. The molecule has 0 unspecified atom stereocenters. The van der Waals surface area contributed by atoms with Crippen molar-refractivity contribution in [1.82, 2.24) is 5.32 Å². The van der Waals surface area contributed by atoms with Gasteiger partial charge in [0.1, 0.15) is 5.75 Å². The van der Waals surface area contributed by atoms with E-state index >= 15 is 0 Å². The SMILES string of the molecule is COc1ccccc1CNC(=O)CCS(=O)(=O)c1ccc2c(c1)NC(=O)[C@H](C)CS2. The van der Waals surface area contributed by atoms with Gasteiger partial charge in [0.25, 0.3) is 0 Å². The van der Waals surface area contributed by atoms with E-state index in [1.54, 1.807) is 19.2 Å². The Morgan fingerprint density at radius 2 is 2.03 bits per heavy atom. The second kappa shape index (κ2) is 9.53. The standard InChI is InChI=1S/C21H24N2O5S2/c1-14-13-29-19-8-7-16(11-17(19)23-21(14)25)30(26,27)10-9-20(24)22-12-15-5-3-4-6-18(15)28-2/h3-8,11,14H,9-10,12-13H2,1-2H3,(H,22,24)(H,23,25)/t14-/m1/s1. The Kier molecular flexibility index (Phi) is 7.04. The third-order valence-corrected chi connectivity index (χ3v) is 7.82. The molecule has 0 bridgehead atoms. The normalized spacial score (nSPS) is 16.2. The monoisotopic (exact) mass is 448 g/mol. The quantitative estimate of drug-likeness (QED) is 0.675. The van der Waals surface area contributed by atoms with E-state index in [0.29, 0.717) is 17.2 Å². The second-order valence-corrected chi connectivity index (χ2v) is 10.2. The Balaban J connectivity index is 1.62. The predicted molar refractivity (Wildman–Crippen MR) is 116 cm³/mol. The van der Waals surface area contributed by atoms with Crippen LogP contribution in [0.25, 0.3) is 0 Å². The summed E-state index contributed by atoms with van der Waals surface area (Å²) in [6.45, 7) is 2.08. The summed E-state index contributed by atoms with van der Waals surface area (Å²) < 4.78 is 30.7. The van der Waals surface area contributed by atoms with Crippen molar-refractivity contribution in [3.8, 4) is 5.75 Å². The molecule has 1 aliphatic rings. The smallest absolute Gasteiger partial charge is 0.228 e. The van der Waals surface area contributed by atoms with Crippen molar-refractivity contribution in [2.45, 2.75) is 29.7 Å². The molecule has 2 N–H and O–H groups in total. The summed E-state index contributed by atoms with van der Waals surface area (Å²) in [4.78, 5) is 25.2. The summed E-state index contributed by atoms with van der Waals surface area (Å²) in [5.74, 6) is 0.320. The zero-order valence-electron chi connectivity index (χ0n) is 16.8. The van der Waals surface area contributed by atoms with E-state index in [-0.39, 0.29) is 41.3 Å². The topological polar surface area (TPSA) is 102 Å². The van der Waals surface area contributed by atoms with Crippen molar-refractivity contribution in [3.63, 3.8) is 0 Å². The maximum Gasteiger partial charge on any atom is 0.228 e. The molecular formula is C21H24N2O5S2. The molecule has 2 amide bonds. The number of thioether (sulfide) groups is 1. The van der Waals surface area contributed by atoms with Gasteiger partial charge >= 0.3 is 0 Å². The van der Waals surface area contributed by atoms with Crippen molar-refractivity contribution < 1.29 is 22.7 Å². The van der Waals surface area contributed by atoms with Crippen LogP contribution in [-0.2, 0) is 26.0 Å². The molecule has 0 aliphatic carbocycles. The zero-order valence-corrected chi connectivity index (χ0v) is 18.4. The molecule has 0 saturated heterocycles. The van der Waals surface area contributed by atoms with Crippen LogP contribution in [0.2, 0.25) is 0 Å². The van der Waals surface area contributed by atoms with Gasteiger partial charge in [0.2, 0.25) is 11.8 Å². The Morgan fingerprint density at radius 1 is 1.27 bits per heavy atom. The molecule has 2 aromatic carbocycles. The Bertz CT molecular complexity index is 1050. The molecule has 30 heavy (non-hydrogen) atoms. The van der Waals surface area contributed by atoms with E-state index in [1.165, 1.54) is 23.9 Å². The molecule has 7 nitrogen and oxygen atoms in total. The number of nitrogens with one attached hydrogen (secondary N) is 2. The van der Waals surface area contributed by atoms with E-state index in [0.717, 1.165) is 10.5 Å². The number of benzene rings is 2. The molecule has 3 rings (SSSR count). The highest BCUT2D eigenvalue weighted by atomic mass is 32.2. The average Bonchev–Trinajstić information content (AvgIpc) is 2.88. The van der Waals surface area contributed by atoms with Crippen molar-refractivity contribution in [1.29, 1.82) is 0 Å². The number of ether oxygens (including phenoxy) is 1. The van der Waals surface area contributed by atoms with Crippen LogP contribution in [0, 0.1) is 5.92 Å². The van der Waals surface area contributed by atoms with Crippen LogP contribution in [0.5, 0.6) is 5.75 Å². The summed E-state index contributed by atoms with van der Waals surface area (Å²) in [6.07, 6.45) is -0.160. The molecule has 160 valence electrons. The minimum absolute atomic E-state index is 0.0919. The Labute approximate surface area is 180 Å². The largest absolute Gasteiger partial charge is 0.496 e. The van der Waals surface area contributed by atoms with Gasteiger partial charge in [0.15, 0.2) is 9.84 Å². The number of methoxy groups -OCH3 is 1. The molecule has 1 aliphatic heterocycles. The van der Waals surface area contributed by atoms with Crippen LogP contribution in [0.1, 0.15) is 18.9 Å². The number of carbonyl (C=O) groups is 2. The number of hydrogen-bond acceptors (Lipinski definition) is 6. The molecule has 1 atom stereocenters. The number of fused-ring (bicyclic) bond motifs is 1. The van der Waals surface area contributed by atoms with Crippen LogP contribution in [0.4, 0.5) is 5.69 Å². The van der Waals surface area contributed by atoms with Gasteiger partial charge in [-0.3, -0.25) is 9.59 Å². The lowest BCUT2D eigenvalue weighted by Gasteiger charge is -2.11. The number of para-hydroxylation sites is 1. The van der Waals surface area contributed by atoms with Crippen LogP contribution in [-0.4, -0.2) is 38.8 Å². The maximum absolute atomic E-state index is 12.7. The van der Waals surface area contributed by atoms with Gasteiger partial charge in [-0.1, -0.05) is 25.1 Å². The first kappa shape index (κ1) is 22.2. The fourth-order valence-corrected chi connectivity index (χ4v) is 5.22. The fraction of sp³-hybridized carbons (Fsp3) is 0.333. The first-order chi connectivity index (χ1) is 14.3. The predicted octanol–water partition coefficient (Wildman–Crippen LogP) is 2.86. The lowest BCUT2D eigenvalue weighted by Crippen LogP contribution is -2.25. The van der Waals surface area contributed by atoms with Crippen molar-refractivity contribution in [3.05, 3.63) is 48.0 Å². The first-order valence-electron chi connectivity index (χ1n) is 9.49. The third kappa shape index (κ3) is 5.34. The van der Waals surface area contributed by atoms with Crippen molar-refractivity contribution in [2.24, 2.45) is 5.92 Å². The van der Waals surface area contributed by atoms with Crippen molar-refractivity contribution >= 4 is 39.1 Å². The first-order valence-corrected chi connectivity index (χ1v) is 12.1. The number of rotatable bonds is 7. The lowest BCUT2D eigenvalue weighted by atomic mass is 10.2. The Hall–Kier alpha value is -2.52. The summed E-state index contributed by atoms with van der Waals surface area (Å²) in [5, 5.41) is 5.51. The van der Waals surface area contributed by atoms with E-state index in [1.807, 2.05) is 25.1 Å². The lowest BCUT2D eigenvalue weighted by molar-refractivity contribution is -0.121. The van der Waals surface area contributed by atoms with Gasteiger partial charge in [-0.25, -0.2) is 8.42 Å². The van der Waals surface area contributed by atoms with E-state index in [9.17, 15) is 18.0 Å². The van der Waals surface area contributed by atoms with Crippen LogP contribution in [0.15, 0.2) is 52.3 Å². The maximum atomic E-state index is 12.7. The molecule has 2 aromatic rings. The number of sulfone groups is 1. The number of anilines is 1. The van der Waals surface area contributed by atoms with E-state index in [4.69, 9.17) is 4.74 Å². The van der Waals surface area contributed by atoms with E-state index < -0.39 is 9.84 Å². The second-order valence-electron chi connectivity index (χ2n) is 7.02. The average molecular weight is 449 g/mol. The van der Waals surface area contributed by atoms with Gasteiger partial charge in [-0.2, -0.15) is 0 Å². The summed E-state index contributed by atoms with van der Waals surface area (Å²) >= 11 is 1.51. The van der Waals surface area contributed by atoms with Crippen molar-refractivity contribution in [2.75, 3.05) is 23.9 Å². The van der Waals surface area contributed by atoms with Crippen LogP contribution >= 0.6 is 11.8 Å². The summed E-state index contributed by atoms with van der Waals surface area (Å²) in [7, 11) is -2.12.